The van der Waals surface area contributed by atoms with Crippen LogP contribution in [0.5, 0.6) is 0 Å². The van der Waals surface area contributed by atoms with Crippen molar-refractivity contribution in [3.05, 3.63) is 186 Å². The number of pyridine rings is 1. The van der Waals surface area contributed by atoms with Crippen LogP contribution in [-0.4, -0.2) is 14.1 Å². The van der Waals surface area contributed by atoms with Crippen molar-refractivity contribution < 1.29 is 0 Å². The monoisotopic (exact) mass is 718 g/mol. The SMILES string of the molecule is Cc1ccc(-c2ccc3c(c2)c2ccccc2n3-c2cc(C#N)cc(-n3c4ccccc4c4cc(-c5ccc(C)cc5)ccc43)c2-c2cc(C)nc(C)c2)cc1. The van der Waals surface area contributed by atoms with Gasteiger partial charge in [-0.1, -0.05) is 108 Å². The largest absolute Gasteiger partial charge is 0.308 e. The fourth-order valence-corrected chi connectivity index (χ4v) is 8.62. The molecule has 0 saturated carbocycles. The second-order valence-electron chi connectivity index (χ2n) is 15.0. The molecule has 0 atom stereocenters. The second kappa shape index (κ2) is 13.0. The Balaban J connectivity index is 1.32. The van der Waals surface area contributed by atoms with E-state index in [4.69, 9.17) is 4.98 Å². The summed E-state index contributed by atoms with van der Waals surface area (Å²) < 4.78 is 4.72. The first kappa shape index (κ1) is 33.4. The van der Waals surface area contributed by atoms with Gasteiger partial charge in [0.15, 0.2) is 0 Å². The van der Waals surface area contributed by atoms with Crippen LogP contribution in [0, 0.1) is 39.0 Å². The summed E-state index contributed by atoms with van der Waals surface area (Å²) in [4.78, 5) is 4.80. The van der Waals surface area contributed by atoms with E-state index in [1.807, 2.05) is 0 Å². The van der Waals surface area contributed by atoms with Crippen LogP contribution in [-0.2, 0) is 0 Å². The fourth-order valence-electron chi connectivity index (χ4n) is 8.62. The number of hydrogen-bond acceptors (Lipinski definition) is 2. The van der Waals surface area contributed by atoms with Crippen molar-refractivity contribution in [1.82, 2.24) is 14.1 Å². The van der Waals surface area contributed by atoms with Gasteiger partial charge in [-0.2, -0.15) is 5.26 Å². The molecule has 0 saturated heterocycles. The quantitative estimate of drug-likeness (QED) is 0.178. The number of aromatic nitrogens is 3. The molecular formula is C52H38N4. The predicted molar refractivity (Wildman–Crippen MR) is 233 cm³/mol. The topological polar surface area (TPSA) is 46.5 Å². The van der Waals surface area contributed by atoms with Crippen LogP contribution in [0.3, 0.4) is 0 Å². The molecule has 0 fully saturated rings. The van der Waals surface area contributed by atoms with Crippen LogP contribution < -0.4 is 0 Å². The molecule has 10 aromatic rings. The van der Waals surface area contributed by atoms with Gasteiger partial charge in [0.2, 0.25) is 0 Å². The van der Waals surface area contributed by atoms with Gasteiger partial charge in [0.25, 0.3) is 0 Å². The maximum atomic E-state index is 10.8. The Hall–Kier alpha value is -7.22. The van der Waals surface area contributed by atoms with Gasteiger partial charge in [0.05, 0.1) is 45.1 Å². The minimum absolute atomic E-state index is 0.589. The van der Waals surface area contributed by atoms with E-state index in [1.54, 1.807) is 0 Å². The lowest BCUT2D eigenvalue weighted by Gasteiger charge is -2.21. The van der Waals surface area contributed by atoms with E-state index in [0.29, 0.717) is 5.56 Å². The highest BCUT2D eigenvalue weighted by Gasteiger charge is 2.24. The predicted octanol–water partition coefficient (Wildman–Crippen LogP) is 13.4. The molecule has 0 aliphatic heterocycles. The Kier molecular flexibility index (Phi) is 7.73. The van der Waals surface area contributed by atoms with E-state index in [0.717, 1.165) is 77.5 Å². The standard InChI is InChI=1S/C52H38N4/c1-32-13-17-37(18-14-32)39-21-23-48-44(29-39)42-9-5-7-11-46(42)55(48)50-27-36(31-53)28-51(52(50)41-25-34(3)54-35(4)26-41)56-47-12-8-6-10-43(47)45-30-40(22-24-49(45)56)38-19-15-33(2)16-20-38/h5-30H,1-4H3. The molecule has 3 heterocycles. The van der Waals surface area contributed by atoms with Crippen molar-refractivity contribution in [3.63, 3.8) is 0 Å². The van der Waals surface area contributed by atoms with Crippen LogP contribution in [0.2, 0.25) is 0 Å². The molecule has 0 aliphatic rings. The van der Waals surface area contributed by atoms with Gasteiger partial charge in [0, 0.05) is 38.5 Å². The van der Waals surface area contributed by atoms with E-state index in [2.05, 4.69) is 201 Å². The van der Waals surface area contributed by atoms with Crippen molar-refractivity contribution in [2.75, 3.05) is 0 Å². The smallest absolute Gasteiger partial charge is 0.0993 e. The average Bonchev–Trinajstić information content (AvgIpc) is 3.72. The molecule has 0 spiro atoms. The van der Waals surface area contributed by atoms with Crippen molar-refractivity contribution in [3.8, 4) is 50.8 Å². The van der Waals surface area contributed by atoms with Gasteiger partial charge in [0.1, 0.15) is 0 Å². The molecule has 0 N–H and O–H groups in total. The first-order valence-electron chi connectivity index (χ1n) is 19.1. The fraction of sp³-hybridized carbons (Fsp3) is 0.0769. The van der Waals surface area contributed by atoms with Gasteiger partial charge < -0.3 is 9.13 Å². The Morgan fingerprint density at radius 2 is 0.821 bits per heavy atom. The van der Waals surface area contributed by atoms with Crippen LogP contribution in [0.15, 0.2) is 158 Å². The molecule has 7 aromatic carbocycles. The molecule has 0 aliphatic carbocycles. The molecule has 0 bridgehead atoms. The molecule has 4 nitrogen and oxygen atoms in total. The molecule has 266 valence electrons. The van der Waals surface area contributed by atoms with Crippen LogP contribution >= 0.6 is 0 Å². The summed E-state index contributed by atoms with van der Waals surface area (Å²) in [5, 5.41) is 15.4. The third-order valence-corrected chi connectivity index (χ3v) is 11.2. The Morgan fingerprint density at radius 1 is 0.411 bits per heavy atom. The zero-order valence-corrected chi connectivity index (χ0v) is 31.8. The zero-order chi connectivity index (χ0) is 38.1. The molecule has 0 amide bonds. The summed E-state index contributed by atoms with van der Waals surface area (Å²) in [6.45, 7) is 8.35. The Bertz CT molecular complexity index is 3020. The zero-order valence-electron chi connectivity index (χ0n) is 31.8. The molecule has 3 aromatic heterocycles. The Labute approximate surface area is 326 Å². The van der Waals surface area contributed by atoms with E-state index in [9.17, 15) is 5.26 Å². The van der Waals surface area contributed by atoms with Gasteiger partial charge in [-0.3, -0.25) is 4.98 Å². The number of para-hydroxylation sites is 2. The molecule has 56 heavy (non-hydrogen) atoms. The summed E-state index contributed by atoms with van der Waals surface area (Å²) in [6, 6.07) is 59.3. The highest BCUT2D eigenvalue weighted by atomic mass is 15.0. The summed E-state index contributed by atoms with van der Waals surface area (Å²) in [6.07, 6.45) is 0. The van der Waals surface area contributed by atoms with Crippen LogP contribution in [0.4, 0.5) is 0 Å². The third kappa shape index (κ3) is 5.40. The molecule has 10 rings (SSSR count). The molecule has 4 heteroatoms. The van der Waals surface area contributed by atoms with Gasteiger partial charge in [-0.25, -0.2) is 0 Å². The molecular weight excluding hydrogens is 681 g/mol. The molecule has 0 radical (unpaired) electrons. The van der Waals surface area contributed by atoms with Crippen molar-refractivity contribution in [2.45, 2.75) is 27.7 Å². The lowest BCUT2D eigenvalue weighted by atomic mass is 9.97. The van der Waals surface area contributed by atoms with E-state index < -0.39 is 0 Å². The minimum atomic E-state index is 0.589. The lowest BCUT2D eigenvalue weighted by molar-refractivity contribution is 1.11. The third-order valence-electron chi connectivity index (χ3n) is 11.2. The minimum Gasteiger partial charge on any atom is -0.308 e. The Morgan fingerprint density at radius 3 is 1.27 bits per heavy atom. The number of aryl methyl sites for hydroxylation is 4. The van der Waals surface area contributed by atoms with E-state index in [1.165, 1.54) is 33.4 Å². The average molecular weight is 719 g/mol. The highest BCUT2D eigenvalue weighted by Crippen LogP contribution is 2.44. The normalized spacial score (nSPS) is 11.6. The molecule has 0 unspecified atom stereocenters. The highest BCUT2D eigenvalue weighted by molar-refractivity contribution is 6.13. The van der Waals surface area contributed by atoms with Crippen molar-refractivity contribution in [1.29, 1.82) is 5.26 Å². The van der Waals surface area contributed by atoms with E-state index in [-0.39, 0.29) is 0 Å². The van der Waals surface area contributed by atoms with Gasteiger partial charge >= 0.3 is 0 Å². The van der Waals surface area contributed by atoms with Crippen LogP contribution in [0.1, 0.15) is 28.1 Å². The number of fused-ring (bicyclic) bond motifs is 6. The second-order valence-corrected chi connectivity index (χ2v) is 15.0. The first-order valence-corrected chi connectivity index (χ1v) is 19.1. The lowest BCUT2D eigenvalue weighted by Crippen LogP contribution is -2.05. The summed E-state index contributed by atoms with van der Waals surface area (Å²) in [7, 11) is 0. The summed E-state index contributed by atoms with van der Waals surface area (Å²) in [5.41, 5.74) is 18.0. The number of rotatable bonds is 5. The van der Waals surface area contributed by atoms with Crippen molar-refractivity contribution in [2.24, 2.45) is 0 Å². The van der Waals surface area contributed by atoms with Crippen molar-refractivity contribution >= 4 is 43.6 Å². The van der Waals surface area contributed by atoms with Gasteiger partial charge in [-0.15, -0.1) is 0 Å². The van der Waals surface area contributed by atoms with Crippen LogP contribution in [0.25, 0.3) is 88.4 Å². The summed E-state index contributed by atoms with van der Waals surface area (Å²) in [5.74, 6) is 0. The first-order chi connectivity index (χ1) is 27.3. The van der Waals surface area contributed by atoms with E-state index >= 15 is 0 Å². The number of nitriles is 1. The maximum absolute atomic E-state index is 10.8. The van der Waals surface area contributed by atoms with Gasteiger partial charge in [-0.05, 0) is 116 Å². The summed E-state index contributed by atoms with van der Waals surface area (Å²) >= 11 is 0. The maximum Gasteiger partial charge on any atom is 0.0993 e. The number of benzene rings is 7. The number of nitrogens with zero attached hydrogens (tertiary/aromatic N) is 4. The number of hydrogen-bond donors (Lipinski definition) is 0.